The molecule has 0 saturated carbocycles. The molecule has 0 radical (unpaired) electrons. The minimum absolute atomic E-state index is 0.00903. The first-order valence-electron chi connectivity index (χ1n) is 12.6. The van der Waals surface area contributed by atoms with Gasteiger partial charge in [0.1, 0.15) is 0 Å². The van der Waals surface area contributed by atoms with Crippen LogP contribution in [0.5, 0.6) is 0 Å². The maximum atomic E-state index is 4.39. The normalized spacial score (nSPS) is 11.9. The van der Waals surface area contributed by atoms with Crippen LogP contribution in [0.3, 0.4) is 0 Å². The van der Waals surface area contributed by atoms with E-state index >= 15 is 0 Å². The zero-order chi connectivity index (χ0) is 25.1. The largest absolute Gasteiger partial charge is 0.0992 e. The Morgan fingerprint density at radius 1 is 0.514 bits per heavy atom. The molecule has 0 nitrogen and oxygen atoms in total. The molecule has 0 aliphatic rings. The van der Waals surface area contributed by atoms with Crippen LogP contribution in [0.1, 0.15) is 66.6 Å². The molecule has 178 valence electrons. The molecular formula is C35H38. The van der Waals surface area contributed by atoms with Crippen molar-refractivity contribution in [1.29, 1.82) is 0 Å². The maximum Gasteiger partial charge on any atom is 0.0146 e. The van der Waals surface area contributed by atoms with Gasteiger partial charge >= 0.3 is 0 Å². The first-order chi connectivity index (χ1) is 16.7. The van der Waals surface area contributed by atoms with Crippen molar-refractivity contribution in [2.75, 3.05) is 0 Å². The van der Waals surface area contributed by atoms with Gasteiger partial charge in [0.2, 0.25) is 0 Å². The van der Waals surface area contributed by atoms with Gasteiger partial charge in [-0.1, -0.05) is 149 Å². The highest BCUT2D eigenvalue weighted by molar-refractivity contribution is 5.41. The minimum atomic E-state index is -0.0154. The van der Waals surface area contributed by atoms with E-state index in [0.29, 0.717) is 0 Å². The summed E-state index contributed by atoms with van der Waals surface area (Å²) in [5.41, 5.74) is 10.5. The summed E-state index contributed by atoms with van der Waals surface area (Å²) < 4.78 is 0. The lowest BCUT2D eigenvalue weighted by Crippen LogP contribution is -2.18. The zero-order valence-corrected chi connectivity index (χ0v) is 21.9. The van der Waals surface area contributed by atoms with E-state index in [1.54, 1.807) is 0 Å². The van der Waals surface area contributed by atoms with Crippen molar-refractivity contribution in [3.8, 4) is 0 Å². The molecule has 0 aromatic heterocycles. The number of benzene rings is 4. The van der Waals surface area contributed by atoms with Crippen LogP contribution < -0.4 is 0 Å². The lowest BCUT2D eigenvalue weighted by molar-refractivity contribution is 0.640. The van der Waals surface area contributed by atoms with Gasteiger partial charge in [-0.25, -0.2) is 0 Å². The van der Waals surface area contributed by atoms with Gasteiger partial charge in [0, 0.05) is 10.8 Å². The second-order valence-corrected chi connectivity index (χ2v) is 11.0. The molecule has 4 aromatic rings. The first-order valence-corrected chi connectivity index (χ1v) is 12.6. The summed E-state index contributed by atoms with van der Waals surface area (Å²) in [6.07, 6.45) is 1.81. The molecule has 0 N–H and O–H groups in total. The Balaban J connectivity index is 1.39. The van der Waals surface area contributed by atoms with Crippen LogP contribution in [0, 0.1) is 6.92 Å². The van der Waals surface area contributed by atoms with E-state index in [2.05, 4.69) is 144 Å². The van der Waals surface area contributed by atoms with Crippen molar-refractivity contribution in [2.45, 2.75) is 58.3 Å². The first kappa shape index (κ1) is 24.7. The fraction of sp³-hybridized carbons (Fsp3) is 0.257. The molecule has 0 amide bonds. The summed E-state index contributed by atoms with van der Waals surface area (Å²) in [6, 6.07) is 37.8. The van der Waals surface area contributed by atoms with E-state index in [4.69, 9.17) is 0 Å². The molecule has 0 heterocycles. The summed E-state index contributed by atoms with van der Waals surface area (Å²) in [5, 5.41) is 0. The van der Waals surface area contributed by atoms with Gasteiger partial charge < -0.3 is 0 Å². The van der Waals surface area contributed by atoms with Crippen LogP contribution in [-0.4, -0.2) is 0 Å². The number of aryl methyl sites for hydroxylation is 1. The summed E-state index contributed by atoms with van der Waals surface area (Å²) in [4.78, 5) is 0. The topological polar surface area (TPSA) is 0 Å². The smallest absolute Gasteiger partial charge is 0.0146 e. The van der Waals surface area contributed by atoms with E-state index in [1.165, 1.54) is 44.5 Å². The van der Waals surface area contributed by atoms with Crippen LogP contribution in [0.25, 0.3) is 0 Å². The van der Waals surface area contributed by atoms with Crippen LogP contribution in [-0.2, 0) is 23.7 Å². The molecule has 35 heavy (non-hydrogen) atoms. The van der Waals surface area contributed by atoms with Crippen LogP contribution in [0.2, 0.25) is 0 Å². The van der Waals surface area contributed by atoms with Crippen molar-refractivity contribution in [1.82, 2.24) is 0 Å². The number of rotatable bonds is 8. The second kappa shape index (κ2) is 10.1. The van der Waals surface area contributed by atoms with Gasteiger partial charge in [0.05, 0.1) is 0 Å². The average molecular weight is 459 g/mol. The Bertz CT molecular complexity index is 1250. The molecule has 0 aliphatic heterocycles. The number of hydrogen-bond donors (Lipinski definition) is 0. The molecule has 0 aliphatic carbocycles. The van der Waals surface area contributed by atoms with Gasteiger partial charge in [-0.2, -0.15) is 0 Å². The fourth-order valence-electron chi connectivity index (χ4n) is 4.88. The molecule has 0 unspecified atom stereocenters. The fourth-order valence-corrected chi connectivity index (χ4v) is 4.88. The van der Waals surface area contributed by atoms with Crippen LogP contribution in [0.4, 0.5) is 0 Å². The highest BCUT2D eigenvalue weighted by Gasteiger charge is 2.23. The summed E-state index contributed by atoms with van der Waals surface area (Å²) >= 11 is 0. The van der Waals surface area contributed by atoms with E-state index in [-0.39, 0.29) is 10.8 Å². The van der Waals surface area contributed by atoms with E-state index in [1.807, 2.05) is 0 Å². The molecule has 0 bridgehead atoms. The Morgan fingerprint density at radius 2 is 0.857 bits per heavy atom. The predicted octanol–water partition coefficient (Wildman–Crippen LogP) is 8.99. The number of allylic oxidation sites excluding steroid dienone is 1. The maximum absolute atomic E-state index is 4.39. The van der Waals surface area contributed by atoms with Gasteiger partial charge in [-0.3, -0.25) is 0 Å². The molecular weight excluding hydrogens is 420 g/mol. The SMILES string of the molecule is C=C(Cc1ccc(C(C)(C)c2ccccc2)cc1)Cc1ccc(C(C)(C)c2ccc(C)cc2)cc1. The van der Waals surface area contributed by atoms with Crippen molar-refractivity contribution in [3.63, 3.8) is 0 Å². The van der Waals surface area contributed by atoms with Crippen molar-refractivity contribution >= 4 is 0 Å². The lowest BCUT2D eigenvalue weighted by atomic mass is 9.77. The van der Waals surface area contributed by atoms with Gasteiger partial charge in [0.25, 0.3) is 0 Å². The molecule has 0 fully saturated rings. The quantitative estimate of drug-likeness (QED) is 0.231. The molecule has 0 atom stereocenters. The standard InChI is InChI=1S/C35H38/c1-26-12-18-31(19-13-26)35(5,6)33-22-16-29(17-23-33)25-27(2)24-28-14-20-32(21-15-28)34(3,4)30-10-8-7-9-11-30/h7-23H,2,24-25H2,1,3-6H3. The lowest BCUT2D eigenvalue weighted by Gasteiger charge is -2.26. The van der Waals surface area contributed by atoms with Crippen molar-refractivity contribution < 1.29 is 0 Å². The highest BCUT2D eigenvalue weighted by Crippen LogP contribution is 2.33. The number of hydrogen-bond acceptors (Lipinski definition) is 0. The monoisotopic (exact) mass is 458 g/mol. The Kier molecular flexibility index (Phi) is 7.13. The summed E-state index contributed by atoms with van der Waals surface area (Å²) in [5.74, 6) is 0. The van der Waals surface area contributed by atoms with Gasteiger partial charge in [0.15, 0.2) is 0 Å². The third-order valence-corrected chi connectivity index (χ3v) is 7.53. The molecule has 4 rings (SSSR count). The van der Waals surface area contributed by atoms with Gasteiger partial charge in [-0.05, 0) is 53.1 Å². The molecule has 0 spiro atoms. The van der Waals surface area contributed by atoms with Crippen molar-refractivity contribution in [2.24, 2.45) is 0 Å². The molecule has 4 aromatic carbocycles. The summed E-state index contributed by atoms with van der Waals surface area (Å²) in [7, 11) is 0. The Labute approximate surface area is 212 Å². The molecule has 0 saturated heterocycles. The highest BCUT2D eigenvalue weighted by atomic mass is 14.3. The zero-order valence-electron chi connectivity index (χ0n) is 21.9. The third-order valence-electron chi connectivity index (χ3n) is 7.53. The van der Waals surface area contributed by atoms with Crippen molar-refractivity contribution in [3.05, 3.63) is 154 Å². The Morgan fingerprint density at radius 3 is 1.26 bits per heavy atom. The van der Waals surface area contributed by atoms with E-state index in [9.17, 15) is 0 Å². The van der Waals surface area contributed by atoms with E-state index in [0.717, 1.165) is 12.8 Å². The second-order valence-electron chi connectivity index (χ2n) is 11.0. The molecule has 0 heteroatoms. The third kappa shape index (κ3) is 5.65. The predicted molar refractivity (Wildman–Crippen MR) is 151 cm³/mol. The van der Waals surface area contributed by atoms with Crippen LogP contribution >= 0.6 is 0 Å². The summed E-state index contributed by atoms with van der Waals surface area (Å²) in [6.45, 7) is 15.7. The van der Waals surface area contributed by atoms with Crippen LogP contribution in [0.15, 0.2) is 115 Å². The Hall–Kier alpha value is -3.38. The average Bonchev–Trinajstić information content (AvgIpc) is 2.85. The van der Waals surface area contributed by atoms with E-state index < -0.39 is 0 Å². The van der Waals surface area contributed by atoms with Gasteiger partial charge in [-0.15, -0.1) is 0 Å². The minimum Gasteiger partial charge on any atom is -0.0992 e.